The number of aromatic nitrogens is 2. The summed E-state index contributed by atoms with van der Waals surface area (Å²) in [5.41, 5.74) is 1.39. The van der Waals surface area contributed by atoms with Gasteiger partial charge in [-0.1, -0.05) is 30.3 Å². The number of hydrogen-bond acceptors (Lipinski definition) is 3. The fraction of sp³-hybridized carbons (Fsp3) is 0.118. The molecule has 3 aromatic rings. The molecule has 0 amide bonds. The molecule has 110 valence electrons. The van der Waals surface area contributed by atoms with E-state index in [0.29, 0.717) is 5.69 Å². The minimum Gasteiger partial charge on any atom is -0.294 e. The Hall–Kier alpha value is -2.82. The lowest BCUT2D eigenvalue weighted by atomic mass is 10.0. The molecule has 1 heterocycles. The van der Waals surface area contributed by atoms with E-state index in [9.17, 15) is 14.0 Å². The van der Waals surface area contributed by atoms with Gasteiger partial charge in [0.1, 0.15) is 11.5 Å². The van der Waals surface area contributed by atoms with E-state index in [1.54, 1.807) is 12.1 Å². The van der Waals surface area contributed by atoms with Crippen molar-refractivity contribution in [2.75, 3.05) is 0 Å². The number of carbonyl (C=O) groups is 2. The van der Waals surface area contributed by atoms with Crippen LogP contribution < -0.4 is 0 Å². The van der Waals surface area contributed by atoms with Gasteiger partial charge in [-0.2, -0.15) is 5.10 Å². The molecule has 1 N–H and O–H groups in total. The van der Waals surface area contributed by atoms with Gasteiger partial charge in [0.2, 0.25) is 0 Å². The van der Waals surface area contributed by atoms with Gasteiger partial charge in [0, 0.05) is 23.8 Å². The van der Waals surface area contributed by atoms with E-state index in [1.165, 1.54) is 18.2 Å². The van der Waals surface area contributed by atoms with Gasteiger partial charge in [-0.3, -0.25) is 14.7 Å². The molecule has 0 fully saturated rings. The third kappa shape index (κ3) is 2.79. The van der Waals surface area contributed by atoms with E-state index in [2.05, 4.69) is 10.2 Å². The van der Waals surface area contributed by atoms with Crippen molar-refractivity contribution in [1.82, 2.24) is 10.2 Å². The predicted molar refractivity (Wildman–Crippen MR) is 80.4 cm³/mol. The third-order valence-corrected chi connectivity index (χ3v) is 3.46. The number of rotatable bonds is 5. The second-order valence-electron chi connectivity index (χ2n) is 4.97. The average molecular weight is 296 g/mol. The molecule has 3 rings (SSSR count). The molecule has 0 aliphatic rings. The van der Waals surface area contributed by atoms with Crippen molar-refractivity contribution in [2.24, 2.45) is 0 Å². The topological polar surface area (TPSA) is 62.8 Å². The molecule has 0 atom stereocenters. The molecule has 5 heteroatoms. The van der Waals surface area contributed by atoms with Crippen LogP contribution in [0.3, 0.4) is 0 Å². The zero-order chi connectivity index (χ0) is 15.5. The van der Waals surface area contributed by atoms with Gasteiger partial charge in [0.25, 0.3) is 0 Å². The van der Waals surface area contributed by atoms with Crippen LogP contribution in [0.5, 0.6) is 0 Å². The molecule has 0 aliphatic heterocycles. The number of nitrogens with one attached hydrogen (secondary N) is 1. The highest BCUT2D eigenvalue weighted by Gasteiger charge is 2.16. The first kappa shape index (κ1) is 14.1. The molecular formula is C17H13FN2O2. The number of para-hydroxylation sites is 1. The second-order valence-corrected chi connectivity index (χ2v) is 4.97. The van der Waals surface area contributed by atoms with E-state index in [4.69, 9.17) is 0 Å². The van der Waals surface area contributed by atoms with E-state index in [1.807, 2.05) is 18.2 Å². The van der Waals surface area contributed by atoms with E-state index >= 15 is 0 Å². The molecule has 0 saturated carbocycles. The van der Waals surface area contributed by atoms with E-state index in [0.717, 1.165) is 10.9 Å². The van der Waals surface area contributed by atoms with E-state index in [-0.39, 0.29) is 30.0 Å². The van der Waals surface area contributed by atoms with Crippen molar-refractivity contribution in [3.05, 3.63) is 65.6 Å². The zero-order valence-electron chi connectivity index (χ0n) is 11.7. The van der Waals surface area contributed by atoms with Gasteiger partial charge in [-0.25, -0.2) is 4.39 Å². The fourth-order valence-corrected chi connectivity index (χ4v) is 2.33. The van der Waals surface area contributed by atoms with Crippen molar-refractivity contribution >= 4 is 22.5 Å². The lowest BCUT2D eigenvalue weighted by Crippen LogP contribution is -2.06. The standard InChI is InChI=1S/C17H13FN2O2/c18-12-5-3-4-11(10-12)15(21)8-9-16(22)17-13-6-1-2-7-14(13)19-20-17/h1-7,10H,8-9H2,(H,19,20). The number of carbonyl (C=O) groups excluding carboxylic acids is 2. The molecule has 4 nitrogen and oxygen atoms in total. The summed E-state index contributed by atoms with van der Waals surface area (Å²) in [7, 11) is 0. The maximum absolute atomic E-state index is 13.1. The van der Waals surface area contributed by atoms with Crippen LogP contribution in [0.2, 0.25) is 0 Å². The fourth-order valence-electron chi connectivity index (χ4n) is 2.33. The Bertz CT molecular complexity index is 854. The van der Waals surface area contributed by atoms with Crippen LogP contribution in [0.4, 0.5) is 4.39 Å². The summed E-state index contributed by atoms with van der Waals surface area (Å²) >= 11 is 0. The molecule has 0 saturated heterocycles. The molecule has 0 radical (unpaired) electrons. The quantitative estimate of drug-likeness (QED) is 0.732. The minimum atomic E-state index is -0.463. The largest absolute Gasteiger partial charge is 0.294 e. The van der Waals surface area contributed by atoms with Gasteiger partial charge in [0.15, 0.2) is 11.6 Å². The number of nitrogens with zero attached hydrogens (tertiary/aromatic N) is 1. The highest BCUT2D eigenvalue weighted by molar-refractivity contribution is 6.07. The van der Waals surface area contributed by atoms with Crippen LogP contribution in [-0.4, -0.2) is 21.8 Å². The number of benzene rings is 2. The summed E-state index contributed by atoms with van der Waals surface area (Å²) in [5, 5.41) is 7.55. The zero-order valence-corrected chi connectivity index (χ0v) is 11.7. The Balaban J connectivity index is 1.71. The van der Waals surface area contributed by atoms with E-state index < -0.39 is 5.82 Å². The molecular weight excluding hydrogens is 283 g/mol. The van der Waals surface area contributed by atoms with Crippen molar-refractivity contribution in [3.8, 4) is 0 Å². The number of aromatic amines is 1. The second kappa shape index (κ2) is 5.89. The Morgan fingerprint density at radius 3 is 2.59 bits per heavy atom. The molecule has 0 unspecified atom stereocenters. The number of H-pyrrole nitrogens is 1. The smallest absolute Gasteiger partial charge is 0.184 e. The number of fused-ring (bicyclic) bond motifs is 1. The number of Topliss-reactive ketones (excluding diaryl/α,β-unsaturated/α-hetero) is 2. The van der Waals surface area contributed by atoms with Crippen LogP contribution in [0.15, 0.2) is 48.5 Å². The lowest BCUT2D eigenvalue weighted by molar-refractivity contribution is 0.0915. The van der Waals surface area contributed by atoms with Crippen LogP contribution in [0.25, 0.3) is 10.9 Å². The Morgan fingerprint density at radius 2 is 1.77 bits per heavy atom. The maximum atomic E-state index is 13.1. The number of hydrogen-bond donors (Lipinski definition) is 1. The highest BCUT2D eigenvalue weighted by Crippen LogP contribution is 2.18. The van der Waals surface area contributed by atoms with Gasteiger partial charge < -0.3 is 0 Å². The van der Waals surface area contributed by atoms with Crippen molar-refractivity contribution in [2.45, 2.75) is 12.8 Å². The Kier molecular flexibility index (Phi) is 3.78. The van der Waals surface area contributed by atoms with Crippen LogP contribution in [0.1, 0.15) is 33.7 Å². The third-order valence-electron chi connectivity index (χ3n) is 3.46. The molecule has 0 bridgehead atoms. The molecule has 22 heavy (non-hydrogen) atoms. The minimum absolute atomic E-state index is 0.0312. The van der Waals surface area contributed by atoms with Crippen LogP contribution in [0, 0.1) is 5.82 Å². The summed E-state index contributed by atoms with van der Waals surface area (Å²) in [6.07, 6.45) is 0.0771. The summed E-state index contributed by atoms with van der Waals surface area (Å²) in [6.45, 7) is 0. The summed E-state index contributed by atoms with van der Waals surface area (Å²) in [5.74, 6) is -0.926. The normalized spacial score (nSPS) is 10.8. The van der Waals surface area contributed by atoms with Gasteiger partial charge in [-0.15, -0.1) is 0 Å². The molecule has 0 spiro atoms. The summed E-state index contributed by atoms with van der Waals surface area (Å²) in [4.78, 5) is 24.2. The van der Waals surface area contributed by atoms with Crippen molar-refractivity contribution < 1.29 is 14.0 Å². The summed E-state index contributed by atoms with van der Waals surface area (Å²) < 4.78 is 13.1. The SMILES string of the molecule is O=C(CCC(=O)c1n[nH]c2ccccc12)c1cccc(F)c1. The van der Waals surface area contributed by atoms with Crippen molar-refractivity contribution in [3.63, 3.8) is 0 Å². The Morgan fingerprint density at radius 1 is 1.00 bits per heavy atom. The number of halogens is 1. The number of ketones is 2. The average Bonchev–Trinajstić information content (AvgIpc) is 2.96. The van der Waals surface area contributed by atoms with Crippen molar-refractivity contribution in [1.29, 1.82) is 0 Å². The van der Waals surface area contributed by atoms with Crippen LogP contribution in [-0.2, 0) is 0 Å². The van der Waals surface area contributed by atoms with Gasteiger partial charge in [-0.05, 0) is 18.2 Å². The molecule has 2 aromatic carbocycles. The summed E-state index contributed by atoms with van der Waals surface area (Å²) in [6, 6.07) is 12.8. The molecule has 0 aliphatic carbocycles. The lowest BCUT2D eigenvalue weighted by Gasteiger charge is -2.00. The first-order chi connectivity index (χ1) is 10.6. The maximum Gasteiger partial charge on any atom is 0.184 e. The van der Waals surface area contributed by atoms with Crippen LogP contribution >= 0.6 is 0 Å². The first-order valence-electron chi connectivity index (χ1n) is 6.90. The van der Waals surface area contributed by atoms with Gasteiger partial charge in [0.05, 0.1) is 5.52 Å². The first-order valence-corrected chi connectivity index (χ1v) is 6.90. The van der Waals surface area contributed by atoms with Gasteiger partial charge >= 0.3 is 0 Å². The molecule has 1 aromatic heterocycles. The predicted octanol–water partition coefficient (Wildman–Crippen LogP) is 3.55. The monoisotopic (exact) mass is 296 g/mol. The highest BCUT2D eigenvalue weighted by atomic mass is 19.1. The Labute approximate surface area is 126 Å².